The molecule has 0 N–H and O–H groups in total. The van der Waals surface area contributed by atoms with Gasteiger partial charge in [-0.2, -0.15) is 0 Å². The van der Waals surface area contributed by atoms with Gasteiger partial charge in [-0.05, 0) is 30.6 Å². The molecule has 1 heterocycles. The van der Waals surface area contributed by atoms with Gasteiger partial charge in [0.2, 0.25) is 0 Å². The summed E-state index contributed by atoms with van der Waals surface area (Å²) in [5.41, 5.74) is 0.637. The van der Waals surface area contributed by atoms with Crippen molar-refractivity contribution in [2.45, 2.75) is 72.2 Å². The van der Waals surface area contributed by atoms with Crippen LogP contribution in [0.4, 0.5) is 0 Å². The summed E-state index contributed by atoms with van der Waals surface area (Å²) in [5.74, 6) is -0.303. The summed E-state index contributed by atoms with van der Waals surface area (Å²) in [5, 5.41) is 0. The van der Waals surface area contributed by atoms with Crippen LogP contribution >= 0.6 is 0 Å². The molecule has 1 spiro atoms. The highest BCUT2D eigenvalue weighted by atomic mass is 16.7. The van der Waals surface area contributed by atoms with E-state index in [2.05, 4.69) is 34.6 Å². The lowest BCUT2D eigenvalue weighted by Crippen LogP contribution is -2.53. The van der Waals surface area contributed by atoms with Crippen LogP contribution in [-0.4, -0.2) is 18.5 Å². The summed E-state index contributed by atoms with van der Waals surface area (Å²) in [4.78, 5) is 0. The van der Waals surface area contributed by atoms with Crippen LogP contribution in [0.1, 0.15) is 60.3 Å². The maximum absolute atomic E-state index is 6.16. The zero-order valence-corrected chi connectivity index (χ0v) is 11.4. The Morgan fingerprint density at radius 1 is 0.938 bits per heavy atom. The van der Waals surface area contributed by atoms with Crippen LogP contribution in [-0.2, 0) is 9.47 Å². The van der Waals surface area contributed by atoms with Crippen LogP contribution in [0.3, 0.4) is 0 Å². The van der Waals surface area contributed by atoms with Gasteiger partial charge in [0.1, 0.15) is 0 Å². The standard InChI is InChI=1S/C14H26O2/c1-11-6-7-15-14(16-11)9-12(2,3)8-13(4,5)10-14/h11H,6-10H2,1-5H3. The molecule has 1 aliphatic heterocycles. The molecule has 0 aromatic carbocycles. The fraction of sp³-hybridized carbons (Fsp3) is 1.00. The van der Waals surface area contributed by atoms with Crippen molar-refractivity contribution in [3.63, 3.8) is 0 Å². The van der Waals surface area contributed by atoms with E-state index in [1.165, 1.54) is 6.42 Å². The lowest BCUT2D eigenvalue weighted by atomic mass is 9.63. The number of rotatable bonds is 0. The summed E-state index contributed by atoms with van der Waals surface area (Å²) < 4.78 is 12.2. The molecule has 2 fully saturated rings. The maximum Gasteiger partial charge on any atom is 0.169 e. The molecule has 2 heteroatoms. The Bertz CT molecular complexity index is 252. The predicted molar refractivity (Wildman–Crippen MR) is 65.3 cm³/mol. The van der Waals surface area contributed by atoms with Crippen LogP contribution < -0.4 is 0 Å². The summed E-state index contributed by atoms with van der Waals surface area (Å²) in [7, 11) is 0. The van der Waals surface area contributed by atoms with Crippen molar-refractivity contribution in [2.24, 2.45) is 10.8 Å². The minimum absolute atomic E-state index is 0.303. The van der Waals surface area contributed by atoms with E-state index in [1.807, 2.05) is 0 Å². The molecule has 2 rings (SSSR count). The predicted octanol–water partition coefficient (Wildman–Crippen LogP) is 3.74. The molecule has 2 aliphatic rings. The van der Waals surface area contributed by atoms with Crippen molar-refractivity contribution in [3.8, 4) is 0 Å². The quantitative estimate of drug-likeness (QED) is 0.626. The van der Waals surface area contributed by atoms with Crippen molar-refractivity contribution in [1.82, 2.24) is 0 Å². The van der Waals surface area contributed by atoms with Crippen molar-refractivity contribution >= 4 is 0 Å². The minimum atomic E-state index is -0.303. The Kier molecular flexibility index (Phi) is 2.87. The second-order valence-corrected chi connectivity index (χ2v) is 7.34. The van der Waals surface area contributed by atoms with Gasteiger partial charge in [0.15, 0.2) is 5.79 Å². The Morgan fingerprint density at radius 2 is 1.50 bits per heavy atom. The van der Waals surface area contributed by atoms with Crippen molar-refractivity contribution in [2.75, 3.05) is 6.61 Å². The van der Waals surface area contributed by atoms with Gasteiger partial charge in [-0.25, -0.2) is 0 Å². The summed E-state index contributed by atoms with van der Waals surface area (Å²) in [6.07, 6.45) is 4.70. The highest BCUT2D eigenvalue weighted by molar-refractivity contribution is 4.95. The number of ether oxygens (including phenoxy) is 2. The fourth-order valence-corrected chi connectivity index (χ4v) is 4.00. The third-order valence-corrected chi connectivity index (χ3v) is 3.76. The van der Waals surface area contributed by atoms with Gasteiger partial charge in [0.05, 0.1) is 12.7 Å². The van der Waals surface area contributed by atoms with E-state index in [0.717, 1.165) is 25.9 Å². The van der Waals surface area contributed by atoms with Gasteiger partial charge in [-0.1, -0.05) is 27.7 Å². The zero-order valence-electron chi connectivity index (χ0n) is 11.4. The number of hydrogen-bond acceptors (Lipinski definition) is 2. The molecule has 1 unspecified atom stereocenters. The van der Waals surface area contributed by atoms with Crippen molar-refractivity contribution in [1.29, 1.82) is 0 Å². The van der Waals surface area contributed by atoms with Crippen LogP contribution in [0.15, 0.2) is 0 Å². The van der Waals surface area contributed by atoms with E-state index < -0.39 is 0 Å². The van der Waals surface area contributed by atoms with Crippen LogP contribution in [0.2, 0.25) is 0 Å². The van der Waals surface area contributed by atoms with E-state index in [9.17, 15) is 0 Å². The Morgan fingerprint density at radius 3 is 2.00 bits per heavy atom. The molecule has 0 amide bonds. The molecule has 1 saturated heterocycles. The first kappa shape index (κ1) is 12.4. The van der Waals surface area contributed by atoms with E-state index in [1.54, 1.807) is 0 Å². The summed E-state index contributed by atoms with van der Waals surface area (Å²) in [6, 6.07) is 0. The molecular formula is C14H26O2. The fourth-order valence-electron chi connectivity index (χ4n) is 4.00. The van der Waals surface area contributed by atoms with Crippen LogP contribution in [0.5, 0.6) is 0 Å². The summed E-state index contributed by atoms with van der Waals surface area (Å²) >= 11 is 0. The molecule has 1 aliphatic carbocycles. The Balaban J connectivity index is 2.20. The third kappa shape index (κ3) is 2.60. The number of hydrogen-bond donors (Lipinski definition) is 0. The van der Waals surface area contributed by atoms with E-state index >= 15 is 0 Å². The van der Waals surface area contributed by atoms with Gasteiger partial charge in [-0.15, -0.1) is 0 Å². The molecule has 94 valence electrons. The first-order chi connectivity index (χ1) is 7.22. The monoisotopic (exact) mass is 226 g/mol. The van der Waals surface area contributed by atoms with Crippen molar-refractivity contribution < 1.29 is 9.47 Å². The highest BCUT2D eigenvalue weighted by Gasteiger charge is 2.50. The lowest BCUT2D eigenvalue weighted by Gasteiger charge is -2.53. The minimum Gasteiger partial charge on any atom is -0.350 e. The second-order valence-electron chi connectivity index (χ2n) is 7.34. The normalized spacial score (nSPS) is 36.2. The maximum atomic E-state index is 6.16. The van der Waals surface area contributed by atoms with Gasteiger partial charge in [0, 0.05) is 12.8 Å². The van der Waals surface area contributed by atoms with Crippen molar-refractivity contribution in [3.05, 3.63) is 0 Å². The van der Waals surface area contributed by atoms with E-state index in [-0.39, 0.29) is 5.79 Å². The molecule has 0 radical (unpaired) electrons. The third-order valence-electron chi connectivity index (χ3n) is 3.76. The van der Waals surface area contributed by atoms with E-state index in [4.69, 9.17) is 9.47 Å². The molecule has 1 atom stereocenters. The topological polar surface area (TPSA) is 18.5 Å². The largest absolute Gasteiger partial charge is 0.350 e. The SMILES string of the molecule is CC1CCOC2(CC(C)(C)CC(C)(C)C2)O1. The summed E-state index contributed by atoms with van der Waals surface area (Å²) in [6.45, 7) is 12.4. The molecule has 0 aromatic rings. The average molecular weight is 226 g/mol. The first-order valence-electron chi connectivity index (χ1n) is 6.54. The molecular weight excluding hydrogens is 200 g/mol. The Hall–Kier alpha value is -0.0800. The molecule has 2 nitrogen and oxygen atoms in total. The zero-order chi connectivity index (χ0) is 12.0. The van der Waals surface area contributed by atoms with E-state index in [0.29, 0.717) is 16.9 Å². The molecule has 0 bridgehead atoms. The first-order valence-corrected chi connectivity index (χ1v) is 6.54. The van der Waals surface area contributed by atoms with Crippen LogP contribution in [0.25, 0.3) is 0 Å². The van der Waals surface area contributed by atoms with Gasteiger partial charge < -0.3 is 9.47 Å². The molecule has 1 saturated carbocycles. The van der Waals surface area contributed by atoms with Gasteiger partial charge in [0.25, 0.3) is 0 Å². The average Bonchev–Trinajstić information content (AvgIpc) is 1.94. The van der Waals surface area contributed by atoms with Gasteiger partial charge in [-0.3, -0.25) is 0 Å². The second kappa shape index (κ2) is 3.71. The Labute approximate surface area is 99.7 Å². The lowest BCUT2D eigenvalue weighted by molar-refractivity contribution is -0.326. The molecule has 16 heavy (non-hydrogen) atoms. The molecule has 0 aromatic heterocycles. The highest BCUT2D eigenvalue weighted by Crippen LogP contribution is 2.53. The van der Waals surface area contributed by atoms with Crippen LogP contribution in [0, 0.1) is 10.8 Å². The smallest absolute Gasteiger partial charge is 0.169 e. The van der Waals surface area contributed by atoms with Gasteiger partial charge >= 0.3 is 0 Å².